The first-order valence-corrected chi connectivity index (χ1v) is 4.36. The van der Waals surface area contributed by atoms with E-state index in [0.717, 1.165) is 11.1 Å². The first-order chi connectivity index (χ1) is 6.93. The first kappa shape index (κ1) is 11.3. The van der Waals surface area contributed by atoms with E-state index in [0.29, 0.717) is 0 Å². The van der Waals surface area contributed by atoms with Gasteiger partial charge in [0.1, 0.15) is 0 Å². The summed E-state index contributed by atoms with van der Waals surface area (Å²) in [4.78, 5) is 20.5. The number of carbonyl (C=O) groups excluding carboxylic acids is 1. The van der Waals surface area contributed by atoms with Gasteiger partial charge in [-0.1, -0.05) is 12.1 Å². The minimum atomic E-state index is -2.17. The molecule has 0 saturated carbocycles. The number of nitro groups is 1. The van der Waals surface area contributed by atoms with Crippen LogP contribution in [-0.4, -0.2) is 22.0 Å². The molecule has 0 fully saturated rings. The molecule has 1 aromatic rings. The van der Waals surface area contributed by atoms with Crippen LogP contribution in [0.4, 0.5) is 0 Å². The summed E-state index contributed by atoms with van der Waals surface area (Å²) >= 11 is 0. The fourth-order valence-corrected chi connectivity index (χ4v) is 1.14. The van der Waals surface area contributed by atoms with Crippen LogP contribution in [-0.2, 0) is 0 Å². The SMILES string of the molecule is Cc1ccc(C(=O)C(O)[N+](=O)[O-])cc1C. The van der Waals surface area contributed by atoms with Gasteiger partial charge in [0, 0.05) is 5.56 Å². The lowest BCUT2D eigenvalue weighted by Gasteiger charge is -2.04. The van der Waals surface area contributed by atoms with Crippen LogP contribution in [0.15, 0.2) is 18.2 Å². The Bertz CT molecular complexity index is 414. The molecule has 0 aliphatic rings. The van der Waals surface area contributed by atoms with Gasteiger partial charge in [-0.05, 0) is 31.0 Å². The summed E-state index contributed by atoms with van der Waals surface area (Å²) in [5.41, 5.74) is 2.00. The predicted octanol–water partition coefficient (Wildman–Crippen LogP) is 1.08. The molecule has 0 aliphatic heterocycles. The number of aliphatic hydroxyl groups is 1. The van der Waals surface area contributed by atoms with Crippen molar-refractivity contribution in [2.24, 2.45) is 0 Å². The molecule has 0 amide bonds. The van der Waals surface area contributed by atoms with Crippen LogP contribution in [0.3, 0.4) is 0 Å². The predicted molar refractivity (Wildman–Crippen MR) is 53.2 cm³/mol. The fraction of sp³-hybridized carbons (Fsp3) is 0.300. The molecule has 1 atom stereocenters. The topological polar surface area (TPSA) is 80.4 Å². The van der Waals surface area contributed by atoms with E-state index in [1.165, 1.54) is 12.1 Å². The maximum atomic E-state index is 11.4. The number of carbonyl (C=O) groups is 1. The fourth-order valence-electron chi connectivity index (χ4n) is 1.14. The van der Waals surface area contributed by atoms with E-state index < -0.39 is 16.9 Å². The third-order valence-corrected chi connectivity index (χ3v) is 2.23. The second-order valence-corrected chi connectivity index (χ2v) is 3.32. The average Bonchev–Trinajstić information content (AvgIpc) is 2.19. The molecule has 1 unspecified atom stereocenters. The molecular weight excluding hydrogens is 198 g/mol. The molecule has 5 heteroatoms. The Balaban J connectivity index is 3.02. The van der Waals surface area contributed by atoms with Crippen molar-refractivity contribution in [2.45, 2.75) is 20.1 Å². The second kappa shape index (κ2) is 4.18. The van der Waals surface area contributed by atoms with Crippen LogP contribution in [0, 0.1) is 24.0 Å². The highest BCUT2D eigenvalue weighted by molar-refractivity contribution is 5.98. The zero-order valence-corrected chi connectivity index (χ0v) is 8.43. The lowest BCUT2D eigenvalue weighted by atomic mass is 10.0. The summed E-state index contributed by atoms with van der Waals surface area (Å²) < 4.78 is 0. The zero-order chi connectivity index (χ0) is 11.6. The highest BCUT2D eigenvalue weighted by atomic mass is 16.7. The smallest absolute Gasteiger partial charge is 0.327 e. The van der Waals surface area contributed by atoms with Gasteiger partial charge in [0.05, 0.1) is 4.92 Å². The Labute approximate surface area is 86.5 Å². The molecule has 0 aromatic heterocycles. The molecule has 0 saturated heterocycles. The van der Waals surface area contributed by atoms with E-state index in [9.17, 15) is 14.9 Å². The van der Waals surface area contributed by atoms with Crippen LogP contribution in [0.25, 0.3) is 0 Å². The number of benzene rings is 1. The standard InChI is InChI=1S/C10H11NO4/c1-6-3-4-8(5-7(6)2)9(12)10(13)11(14)15/h3-5,10,13H,1-2H3. The second-order valence-electron chi connectivity index (χ2n) is 3.32. The Hall–Kier alpha value is -1.75. The van der Waals surface area contributed by atoms with E-state index in [2.05, 4.69) is 0 Å². The minimum absolute atomic E-state index is 0.155. The largest absolute Gasteiger partial charge is 0.377 e. The Morgan fingerprint density at radius 1 is 1.40 bits per heavy atom. The summed E-state index contributed by atoms with van der Waals surface area (Å²) in [6.45, 7) is 3.66. The molecule has 0 radical (unpaired) electrons. The van der Waals surface area contributed by atoms with Gasteiger partial charge in [-0.25, -0.2) is 0 Å². The van der Waals surface area contributed by atoms with Crippen molar-refractivity contribution in [3.05, 3.63) is 45.0 Å². The number of nitrogens with zero attached hydrogens (tertiary/aromatic N) is 1. The number of rotatable bonds is 3. The van der Waals surface area contributed by atoms with E-state index in [-0.39, 0.29) is 5.56 Å². The van der Waals surface area contributed by atoms with Gasteiger partial charge >= 0.3 is 6.23 Å². The summed E-state index contributed by atoms with van der Waals surface area (Å²) in [7, 11) is 0. The zero-order valence-electron chi connectivity index (χ0n) is 8.43. The van der Waals surface area contributed by atoms with E-state index in [4.69, 9.17) is 5.11 Å². The van der Waals surface area contributed by atoms with Gasteiger partial charge < -0.3 is 5.11 Å². The normalized spacial score (nSPS) is 12.2. The van der Waals surface area contributed by atoms with Crippen molar-refractivity contribution in [1.29, 1.82) is 0 Å². The summed E-state index contributed by atoms with van der Waals surface area (Å²) in [5, 5.41) is 19.2. The Kier molecular flexibility index (Phi) is 3.16. The number of hydrogen-bond acceptors (Lipinski definition) is 4. The number of Topliss-reactive ketones (excluding diaryl/α,β-unsaturated/α-hetero) is 1. The number of ketones is 1. The average molecular weight is 209 g/mol. The summed E-state index contributed by atoms with van der Waals surface area (Å²) in [6, 6.07) is 4.69. The molecule has 5 nitrogen and oxygen atoms in total. The van der Waals surface area contributed by atoms with Crippen LogP contribution >= 0.6 is 0 Å². The van der Waals surface area contributed by atoms with Gasteiger partial charge in [0.15, 0.2) is 0 Å². The Morgan fingerprint density at radius 3 is 2.47 bits per heavy atom. The monoisotopic (exact) mass is 209 g/mol. The molecule has 1 N–H and O–H groups in total. The third-order valence-electron chi connectivity index (χ3n) is 2.23. The van der Waals surface area contributed by atoms with Gasteiger partial charge in [0.25, 0.3) is 5.78 Å². The van der Waals surface area contributed by atoms with E-state index >= 15 is 0 Å². The van der Waals surface area contributed by atoms with Crippen molar-refractivity contribution in [3.8, 4) is 0 Å². The maximum Gasteiger partial charge on any atom is 0.377 e. The number of aryl methyl sites for hydroxylation is 2. The molecule has 0 spiro atoms. The molecule has 15 heavy (non-hydrogen) atoms. The number of hydrogen-bond donors (Lipinski definition) is 1. The van der Waals surface area contributed by atoms with Crippen molar-refractivity contribution in [1.82, 2.24) is 0 Å². The van der Waals surface area contributed by atoms with Crippen LogP contribution < -0.4 is 0 Å². The molecular formula is C10H11NO4. The van der Waals surface area contributed by atoms with Crippen LogP contribution in [0.1, 0.15) is 21.5 Å². The van der Waals surface area contributed by atoms with Crippen molar-refractivity contribution < 1.29 is 14.8 Å². The van der Waals surface area contributed by atoms with Crippen LogP contribution in [0.2, 0.25) is 0 Å². The van der Waals surface area contributed by atoms with E-state index in [1.54, 1.807) is 13.0 Å². The molecule has 1 aromatic carbocycles. The molecule has 0 aliphatic carbocycles. The van der Waals surface area contributed by atoms with Gasteiger partial charge in [-0.3, -0.25) is 14.9 Å². The van der Waals surface area contributed by atoms with Gasteiger partial charge in [0.2, 0.25) is 0 Å². The molecule has 0 bridgehead atoms. The third kappa shape index (κ3) is 2.38. The Morgan fingerprint density at radius 2 is 2.00 bits per heavy atom. The highest BCUT2D eigenvalue weighted by Gasteiger charge is 2.27. The van der Waals surface area contributed by atoms with Crippen molar-refractivity contribution in [3.63, 3.8) is 0 Å². The summed E-state index contributed by atoms with van der Waals surface area (Å²) in [6.07, 6.45) is -2.17. The van der Waals surface area contributed by atoms with Crippen molar-refractivity contribution in [2.75, 3.05) is 0 Å². The van der Waals surface area contributed by atoms with Gasteiger partial charge in [-0.2, -0.15) is 0 Å². The quantitative estimate of drug-likeness (QED) is 0.349. The molecule has 1 rings (SSSR count). The summed E-state index contributed by atoms with van der Waals surface area (Å²) in [5.74, 6) is -0.886. The van der Waals surface area contributed by atoms with E-state index in [1.807, 2.05) is 6.92 Å². The van der Waals surface area contributed by atoms with Crippen molar-refractivity contribution >= 4 is 5.78 Å². The number of aliphatic hydroxyl groups excluding tert-OH is 1. The van der Waals surface area contributed by atoms with Crippen LogP contribution in [0.5, 0.6) is 0 Å². The maximum absolute atomic E-state index is 11.4. The highest BCUT2D eigenvalue weighted by Crippen LogP contribution is 2.11. The molecule has 0 heterocycles. The lowest BCUT2D eigenvalue weighted by molar-refractivity contribution is -0.550. The van der Waals surface area contributed by atoms with Gasteiger partial charge in [-0.15, -0.1) is 0 Å². The lowest BCUT2D eigenvalue weighted by Crippen LogP contribution is -2.29. The molecule has 80 valence electrons. The minimum Gasteiger partial charge on any atom is -0.327 e. The first-order valence-electron chi connectivity index (χ1n) is 4.36.